The third-order valence-electron chi connectivity index (χ3n) is 4.19. The fourth-order valence-corrected chi connectivity index (χ4v) is 3.75. The minimum Gasteiger partial charge on any atom is -0.356 e. The Kier molecular flexibility index (Phi) is 9.72. The summed E-state index contributed by atoms with van der Waals surface area (Å²) in [5.41, 5.74) is 3.55. The second-order valence-electron chi connectivity index (χ2n) is 7.28. The van der Waals surface area contributed by atoms with E-state index in [0.717, 1.165) is 36.9 Å². The molecule has 0 saturated carbocycles. The van der Waals surface area contributed by atoms with Crippen LogP contribution in [0.15, 0.2) is 16.6 Å². The van der Waals surface area contributed by atoms with E-state index in [9.17, 15) is 0 Å². The fraction of sp³-hybridized carbons (Fsp3) is 0.632. The molecule has 0 fully saturated rings. The Labute approximate surface area is 184 Å². The topological polar surface area (TPSA) is 58.3 Å². The standard InChI is InChI=1S/C19H32N6S.HI/c1-13(2)17-15(11-25(7)23-17)10-24(6)19(20-5)21-9-8-16-12-26-18(22-16)14(3)4;/h11-14H,8-10H2,1-7H3,(H,20,21);1H. The zero-order valence-corrected chi connectivity index (χ0v) is 20.6. The van der Waals surface area contributed by atoms with Crippen LogP contribution in [0.25, 0.3) is 0 Å². The summed E-state index contributed by atoms with van der Waals surface area (Å²) < 4.78 is 1.89. The van der Waals surface area contributed by atoms with Gasteiger partial charge < -0.3 is 10.2 Å². The van der Waals surface area contributed by atoms with Crippen molar-refractivity contribution in [2.24, 2.45) is 12.0 Å². The van der Waals surface area contributed by atoms with Gasteiger partial charge in [0.05, 0.1) is 16.4 Å². The molecule has 0 amide bonds. The average molecular weight is 504 g/mol. The van der Waals surface area contributed by atoms with Crippen molar-refractivity contribution in [1.82, 2.24) is 25.0 Å². The molecule has 1 N–H and O–H groups in total. The number of halogens is 1. The molecular formula is C19H33IN6S. The Morgan fingerprint density at radius 3 is 2.56 bits per heavy atom. The maximum Gasteiger partial charge on any atom is 0.193 e. The first-order valence-corrected chi connectivity index (χ1v) is 10.1. The molecule has 27 heavy (non-hydrogen) atoms. The summed E-state index contributed by atoms with van der Waals surface area (Å²) in [6, 6.07) is 0. The maximum atomic E-state index is 4.69. The first kappa shape index (κ1) is 23.9. The molecule has 152 valence electrons. The van der Waals surface area contributed by atoms with E-state index in [1.54, 1.807) is 11.3 Å². The van der Waals surface area contributed by atoms with Gasteiger partial charge in [0.25, 0.3) is 0 Å². The van der Waals surface area contributed by atoms with E-state index in [4.69, 9.17) is 4.98 Å². The molecule has 8 heteroatoms. The third kappa shape index (κ3) is 6.74. The zero-order chi connectivity index (χ0) is 19.3. The first-order chi connectivity index (χ1) is 12.3. The largest absolute Gasteiger partial charge is 0.356 e. The van der Waals surface area contributed by atoms with E-state index in [-0.39, 0.29) is 24.0 Å². The Hall–Kier alpha value is -1.16. The van der Waals surface area contributed by atoms with E-state index < -0.39 is 0 Å². The number of aryl methyl sites for hydroxylation is 1. The van der Waals surface area contributed by atoms with Crippen molar-refractivity contribution in [3.8, 4) is 0 Å². The van der Waals surface area contributed by atoms with Crippen LogP contribution in [0, 0.1) is 0 Å². The molecule has 6 nitrogen and oxygen atoms in total. The number of nitrogens with zero attached hydrogens (tertiary/aromatic N) is 5. The van der Waals surface area contributed by atoms with E-state index in [1.165, 1.54) is 10.6 Å². The minimum atomic E-state index is 0. The van der Waals surface area contributed by atoms with Crippen molar-refractivity contribution < 1.29 is 0 Å². The molecule has 0 aliphatic carbocycles. The summed E-state index contributed by atoms with van der Waals surface area (Å²) >= 11 is 1.75. The number of guanidine groups is 1. The average Bonchev–Trinajstić information content (AvgIpc) is 3.18. The second-order valence-corrected chi connectivity index (χ2v) is 8.17. The van der Waals surface area contributed by atoms with Crippen LogP contribution in [-0.4, -0.2) is 46.3 Å². The van der Waals surface area contributed by atoms with Gasteiger partial charge in [-0.1, -0.05) is 27.7 Å². The van der Waals surface area contributed by atoms with Crippen molar-refractivity contribution in [2.45, 2.75) is 52.5 Å². The summed E-state index contributed by atoms with van der Waals surface area (Å²) in [6.45, 7) is 10.3. The van der Waals surface area contributed by atoms with Crippen LogP contribution < -0.4 is 5.32 Å². The van der Waals surface area contributed by atoms with Crippen LogP contribution in [0.5, 0.6) is 0 Å². The van der Waals surface area contributed by atoms with Crippen LogP contribution in [0.4, 0.5) is 0 Å². The number of aromatic nitrogens is 3. The lowest BCUT2D eigenvalue weighted by atomic mass is 10.1. The van der Waals surface area contributed by atoms with Gasteiger partial charge in [0.2, 0.25) is 0 Å². The maximum absolute atomic E-state index is 4.69. The number of hydrogen-bond donors (Lipinski definition) is 1. The lowest BCUT2D eigenvalue weighted by Gasteiger charge is -2.22. The summed E-state index contributed by atoms with van der Waals surface area (Å²) in [6.07, 6.45) is 3.00. The third-order valence-corrected chi connectivity index (χ3v) is 5.39. The number of thiazole rings is 1. The van der Waals surface area contributed by atoms with Crippen LogP contribution in [0.1, 0.15) is 61.5 Å². The first-order valence-electron chi connectivity index (χ1n) is 9.20. The van der Waals surface area contributed by atoms with Gasteiger partial charge in [0.15, 0.2) is 5.96 Å². The van der Waals surface area contributed by atoms with Gasteiger partial charge in [-0.15, -0.1) is 35.3 Å². The van der Waals surface area contributed by atoms with Gasteiger partial charge in [-0.05, 0) is 5.92 Å². The molecule has 0 unspecified atom stereocenters. The van der Waals surface area contributed by atoms with Crippen LogP contribution in [-0.2, 0) is 20.0 Å². The van der Waals surface area contributed by atoms with E-state index >= 15 is 0 Å². The van der Waals surface area contributed by atoms with Crippen molar-refractivity contribution in [1.29, 1.82) is 0 Å². The summed E-state index contributed by atoms with van der Waals surface area (Å²) in [4.78, 5) is 11.3. The molecule has 0 bridgehead atoms. The van der Waals surface area contributed by atoms with Crippen molar-refractivity contribution in [3.63, 3.8) is 0 Å². The highest BCUT2D eigenvalue weighted by atomic mass is 127. The van der Waals surface area contributed by atoms with Crippen molar-refractivity contribution in [2.75, 3.05) is 20.6 Å². The second kappa shape index (κ2) is 11.0. The molecule has 0 saturated heterocycles. The van der Waals surface area contributed by atoms with Gasteiger partial charge in [-0.25, -0.2) is 4.98 Å². The SMILES string of the molecule is CN=C(NCCc1csc(C(C)C)n1)N(C)Cc1cn(C)nc1C(C)C.I. The molecule has 0 spiro atoms. The Bertz CT molecular complexity index is 734. The van der Waals surface area contributed by atoms with Gasteiger partial charge in [0.1, 0.15) is 0 Å². The number of nitrogens with one attached hydrogen (secondary N) is 1. The lowest BCUT2D eigenvalue weighted by molar-refractivity contribution is 0.473. The molecule has 2 aromatic rings. The summed E-state index contributed by atoms with van der Waals surface area (Å²) in [7, 11) is 5.86. The highest BCUT2D eigenvalue weighted by Gasteiger charge is 2.15. The monoisotopic (exact) mass is 504 g/mol. The normalized spacial score (nSPS) is 11.8. The smallest absolute Gasteiger partial charge is 0.193 e. The minimum absolute atomic E-state index is 0. The molecule has 2 aromatic heterocycles. The van der Waals surface area contributed by atoms with Crippen LogP contribution >= 0.6 is 35.3 Å². The summed E-state index contributed by atoms with van der Waals surface area (Å²) in [5.74, 6) is 1.80. The quantitative estimate of drug-likeness (QED) is 0.352. The number of rotatable bonds is 7. The van der Waals surface area contributed by atoms with Crippen LogP contribution in [0.2, 0.25) is 0 Å². The van der Waals surface area contributed by atoms with E-state index in [1.807, 2.05) is 18.8 Å². The molecule has 0 radical (unpaired) electrons. The Morgan fingerprint density at radius 2 is 2.00 bits per heavy atom. The van der Waals surface area contributed by atoms with Gasteiger partial charge in [-0.3, -0.25) is 9.67 Å². The van der Waals surface area contributed by atoms with Gasteiger partial charge >= 0.3 is 0 Å². The predicted octanol–water partition coefficient (Wildman–Crippen LogP) is 3.99. The van der Waals surface area contributed by atoms with E-state index in [2.05, 4.69) is 66.6 Å². The molecule has 0 atom stereocenters. The zero-order valence-electron chi connectivity index (χ0n) is 17.5. The molecular weight excluding hydrogens is 471 g/mol. The highest BCUT2D eigenvalue weighted by Crippen LogP contribution is 2.20. The van der Waals surface area contributed by atoms with Crippen molar-refractivity contribution >= 4 is 41.3 Å². The molecule has 0 aliphatic heterocycles. The Balaban J connectivity index is 0.00000364. The molecule has 2 heterocycles. The van der Waals surface area contributed by atoms with E-state index in [0.29, 0.717) is 11.8 Å². The number of hydrogen-bond acceptors (Lipinski definition) is 4. The molecule has 0 aliphatic rings. The van der Waals surface area contributed by atoms with Gasteiger partial charge in [0, 0.05) is 63.7 Å². The Morgan fingerprint density at radius 1 is 1.30 bits per heavy atom. The number of aliphatic imine (C=N–C) groups is 1. The highest BCUT2D eigenvalue weighted by molar-refractivity contribution is 14.0. The van der Waals surface area contributed by atoms with Crippen molar-refractivity contribution in [3.05, 3.63) is 33.5 Å². The predicted molar refractivity (Wildman–Crippen MR) is 125 cm³/mol. The fourth-order valence-electron chi connectivity index (χ4n) is 2.88. The molecule has 2 rings (SSSR count). The van der Waals surface area contributed by atoms with Gasteiger partial charge in [-0.2, -0.15) is 5.10 Å². The lowest BCUT2D eigenvalue weighted by Crippen LogP contribution is -2.39. The molecule has 0 aromatic carbocycles. The van der Waals surface area contributed by atoms with Crippen LogP contribution in [0.3, 0.4) is 0 Å². The summed E-state index contributed by atoms with van der Waals surface area (Å²) in [5, 5.41) is 11.4.